The molecule has 3 atom stereocenters. The number of nitrogens with one attached hydrogen (secondary N) is 1. The van der Waals surface area contributed by atoms with Crippen molar-refractivity contribution in [3.63, 3.8) is 0 Å². The van der Waals surface area contributed by atoms with Crippen LogP contribution in [0.1, 0.15) is 19.8 Å². The van der Waals surface area contributed by atoms with Crippen LogP contribution in [0, 0.1) is 10.1 Å². The molecule has 3 unspecified atom stereocenters. The fourth-order valence-electron chi connectivity index (χ4n) is 2.23. The summed E-state index contributed by atoms with van der Waals surface area (Å²) in [5.41, 5.74) is 0. The minimum absolute atomic E-state index is 0.0836. The van der Waals surface area contributed by atoms with E-state index in [1.165, 1.54) is 6.20 Å². The maximum Gasteiger partial charge on any atom is 0.406 e. The first kappa shape index (κ1) is 14.7. The lowest BCUT2D eigenvalue weighted by atomic mass is 9.85. The van der Waals surface area contributed by atoms with Gasteiger partial charge in [-0.2, -0.15) is 0 Å². The van der Waals surface area contributed by atoms with Gasteiger partial charge in [-0.1, -0.05) is 6.92 Å². The lowest BCUT2D eigenvalue weighted by Gasteiger charge is -2.43. The van der Waals surface area contributed by atoms with E-state index < -0.39 is 4.92 Å². The van der Waals surface area contributed by atoms with E-state index in [9.17, 15) is 10.1 Å². The molecule has 7 heteroatoms. The zero-order valence-electron chi connectivity index (χ0n) is 11.6. The SMILES string of the molecule is CCCOC1C(NC)CC1Oc1cccnc1[N+](=O)[O-]. The zero-order chi connectivity index (χ0) is 14.5. The zero-order valence-corrected chi connectivity index (χ0v) is 11.6. The molecule has 1 N–H and O–H groups in total. The predicted molar refractivity (Wildman–Crippen MR) is 72.8 cm³/mol. The largest absolute Gasteiger partial charge is 0.479 e. The maximum atomic E-state index is 10.9. The van der Waals surface area contributed by atoms with E-state index in [4.69, 9.17) is 9.47 Å². The lowest BCUT2D eigenvalue weighted by Crippen LogP contribution is -2.60. The molecule has 0 amide bonds. The number of ether oxygens (including phenoxy) is 2. The van der Waals surface area contributed by atoms with Gasteiger partial charge in [-0.3, -0.25) is 0 Å². The molecule has 0 radical (unpaired) electrons. The van der Waals surface area contributed by atoms with Crippen LogP contribution >= 0.6 is 0 Å². The van der Waals surface area contributed by atoms with Gasteiger partial charge in [0.1, 0.15) is 18.4 Å². The average Bonchev–Trinajstić information content (AvgIpc) is 2.43. The molecule has 2 rings (SSSR count). The number of nitro groups is 1. The topological polar surface area (TPSA) is 86.5 Å². The Labute approximate surface area is 117 Å². The first-order chi connectivity index (χ1) is 9.67. The van der Waals surface area contributed by atoms with Crippen molar-refractivity contribution in [1.29, 1.82) is 0 Å². The molecule has 110 valence electrons. The summed E-state index contributed by atoms with van der Waals surface area (Å²) in [5, 5.41) is 14.1. The van der Waals surface area contributed by atoms with Crippen molar-refractivity contribution in [3.8, 4) is 5.75 Å². The summed E-state index contributed by atoms with van der Waals surface area (Å²) in [6.07, 6.45) is 2.80. The summed E-state index contributed by atoms with van der Waals surface area (Å²) in [6, 6.07) is 3.41. The van der Waals surface area contributed by atoms with Crippen LogP contribution in [0.5, 0.6) is 5.75 Å². The molecule has 1 aliphatic carbocycles. The summed E-state index contributed by atoms with van der Waals surface area (Å²) in [4.78, 5) is 14.1. The van der Waals surface area contributed by atoms with Crippen LogP contribution in [0.3, 0.4) is 0 Å². The van der Waals surface area contributed by atoms with E-state index in [0.29, 0.717) is 6.61 Å². The molecular formula is C13H19N3O4. The summed E-state index contributed by atoms with van der Waals surface area (Å²) < 4.78 is 11.5. The van der Waals surface area contributed by atoms with Crippen molar-refractivity contribution in [2.45, 2.75) is 38.0 Å². The molecule has 1 saturated carbocycles. The summed E-state index contributed by atoms with van der Waals surface area (Å²) in [5.74, 6) is -0.0585. The van der Waals surface area contributed by atoms with Crippen molar-refractivity contribution >= 4 is 5.82 Å². The minimum Gasteiger partial charge on any atom is -0.479 e. The second-order valence-corrected chi connectivity index (χ2v) is 4.70. The van der Waals surface area contributed by atoms with Crippen molar-refractivity contribution in [2.75, 3.05) is 13.7 Å². The Hall–Kier alpha value is -1.73. The maximum absolute atomic E-state index is 10.9. The Morgan fingerprint density at radius 2 is 2.40 bits per heavy atom. The number of pyridine rings is 1. The van der Waals surface area contributed by atoms with Crippen molar-refractivity contribution in [1.82, 2.24) is 10.3 Å². The van der Waals surface area contributed by atoms with Crippen LogP contribution in [-0.4, -0.2) is 41.8 Å². The highest BCUT2D eigenvalue weighted by molar-refractivity contribution is 5.39. The third kappa shape index (κ3) is 3.05. The Morgan fingerprint density at radius 3 is 3.05 bits per heavy atom. The second-order valence-electron chi connectivity index (χ2n) is 4.70. The van der Waals surface area contributed by atoms with Gasteiger partial charge in [-0.15, -0.1) is 0 Å². The predicted octanol–water partition coefficient (Wildman–Crippen LogP) is 1.52. The number of rotatable bonds is 7. The van der Waals surface area contributed by atoms with Crippen LogP contribution in [0.4, 0.5) is 5.82 Å². The molecule has 0 aliphatic heterocycles. The second kappa shape index (κ2) is 6.62. The lowest BCUT2D eigenvalue weighted by molar-refractivity contribution is -0.391. The molecule has 0 aromatic carbocycles. The smallest absolute Gasteiger partial charge is 0.406 e. The minimum atomic E-state index is -0.536. The standard InChI is InChI=1S/C13H19N3O4/c1-3-7-19-12-9(14-2)8-11(12)20-10-5-4-6-15-13(10)16(17)18/h4-6,9,11-12,14H,3,7-8H2,1-2H3. The van der Waals surface area contributed by atoms with E-state index in [-0.39, 0.29) is 29.8 Å². The normalized spacial score (nSPS) is 25.0. The average molecular weight is 281 g/mol. The number of likely N-dealkylation sites (N-methyl/N-ethyl adjacent to an activating group) is 1. The van der Waals surface area contributed by atoms with E-state index in [1.807, 2.05) is 14.0 Å². The number of hydrogen-bond donors (Lipinski definition) is 1. The molecular weight excluding hydrogens is 262 g/mol. The van der Waals surface area contributed by atoms with Gasteiger partial charge in [-0.25, -0.2) is 0 Å². The van der Waals surface area contributed by atoms with Crippen LogP contribution in [-0.2, 0) is 4.74 Å². The summed E-state index contributed by atoms with van der Waals surface area (Å²) >= 11 is 0. The van der Waals surface area contributed by atoms with Gasteiger partial charge in [0.15, 0.2) is 0 Å². The van der Waals surface area contributed by atoms with Crippen molar-refractivity contribution in [3.05, 3.63) is 28.4 Å². The third-order valence-corrected chi connectivity index (χ3v) is 3.34. The molecule has 0 saturated heterocycles. The van der Waals surface area contributed by atoms with Gasteiger partial charge in [-0.05, 0) is 35.5 Å². The van der Waals surface area contributed by atoms with Gasteiger partial charge < -0.3 is 24.9 Å². The number of aromatic nitrogens is 1. The van der Waals surface area contributed by atoms with Crippen molar-refractivity contribution in [2.24, 2.45) is 0 Å². The van der Waals surface area contributed by atoms with Crippen molar-refractivity contribution < 1.29 is 14.4 Å². The van der Waals surface area contributed by atoms with Crippen LogP contribution in [0.25, 0.3) is 0 Å². The summed E-state index contributed by atoms with van der Waals surface area (Å²) in [6.45, 7) is 2.69. The summed E-state index contributed by atoms with van der Waals surface area (Å²) in [7, 11) is 1.87. The van der Waals surface area contributed by atoms with Gasteiger partial charge in [0.05, 0.1) is 0 Å². The van der Waals surface area contributed by atoms with Crippen LogP contribution < -0.4 is 10.1 Å². The van der Waals surface area contributed by atoms with Gasteiger partial charge in [0.2, 0.25) is 5.75 Å². The Morgan fingerprint density at radius 1 is 1.60 bits per heavy atom. The van der Waals surface area contributed by atoms with Gasteiger partial charge in [0.25, 0.3) is 0 Å². The molecule has 7 nitrogen and oxygen atoms in total. The van der Waals surface area contributed by atoms with Crippen LogP contribution in [0.15, 0.2) is 18.3 Å². The Bertz CT molecular complexity index is 469. The first-order valence-corrected chi connectivity index (χ1v) is 6.72. The van der Waals surface area contributed by atoms with Crippen LogP contribution in [0.2, 0.25) is 0 Å². The quantitative estimate of drug-likeness (QED) is 0.602. The molecule has 1 aliphatic rings. The molecule has 1 fully saturated rings. The van der Waals surface area contributed by atoms with E-state index in [0.717, 1.165) is 12.8 Å². The number of nitrogens with zero attached hydrogens (tertiary/aromatic N) is 2. The first-order valence-electron chi connectivity index (χ1n) is 6.72. The highest BCUT2D eigenvalue weighted by atomic mass is 16.6. The molecule has 20 heavy (non-hydrogen) atoms. The van der Waals surface area contributed by atoms with E-state index in [2.05, 4.69) is 10.3 Å². The highest BCUT2D eigenvalue weighted by Gasteiger charge is 2.43. The monoisotopic (exact) mass is 281 g/mol. The van der Waals surface area contributed by atoms with E-state index in [1.54, 1.807) is 12.1 Å². The van der Waals surface area contributed by atoms with Gasteiger partial charge in [0, 0.05) is 19.1 Å². The fourth-order valence-corrected chi connectivity index (χ4v) is 2.23. The highest BCUT2D eigenvalue weighted by Crippen LogP contribution is 2.32. The Kier molecular flexibility index (Phi) is 4.86. The number of hydrogen-bond acceptors (Lipinski definition) is 6. The van der Waals surface area contributed by atoms with E-state index >= 15 is 0 Å². The molecule has 0 bridgehead atoms. The molecule has 1 aromatic heterocycles. The molecule has 1 aromatic rings. The van der Waals surface area contributed by atoms with Gasteiger partial charge >= 0.3 is 5.82 Å². The molecule has 0 spiro atoms. The molecule has 1 heterocycles. The Balaban J connectivity index is 2.04. The third-order valence-electron chi connectivity index (χ3n) is 3.34. The fraction of sp³-hybridized carbons (Fsp3) is 0.615.